The molecule has 0 saturated heterocycles. The molecular formula is C14H13Cl2NO3. The zero-order valence-electron chi connectivity index (χ0n) is 10.7. The first-order chi connectivity index (χ1) is 9.61. The molecule has 4 nitrogen and oxygen atoms in total. The van der Waals surface area contributed by atoms with Crippen molar-refractivity contribution in [1.82, 2.24) is 5.32 Å². The van der Waals surface area contributed by atoms with E-state index in [4.69, 9.17) is 32.4 Å². The molecule has 0 spiro atoms. The largest absolute Gasteiger partial charge is 0.467 e. The fraction of sp³-hybridized carbons (Fsp3) is 0.214. The van der Waals surface area contributed by atoms with Crippen molar-refractivity contribution in [2.24, 2.45) is 0 Å². The minimum Gasteiger partial charge on any atom is -0.467 e. The molecule has 20 heavy (non-hydrogen) atoms. The number of nitrogens with one attached hydrogen (secondary N) is 1. The standard InChI is InChI=1S/C14H13Cl2NO3/c1-19-13(12-3-2-6-20-12)8-17-14(18)10-5-4-9(15)7-11(10)16/h2-7,13H,8H2,1H3,(H,17,18). The zero-order valence-corrected chi connectivity index (χ0v) is 12.2. The van der Waals surface area contributed by atoms with E-state index in [1.54, 1.807) is 37.6 Å². The maximum atomic E-state index is 12.0. The molecule has 0 aliphatic heterocycles. The van der Waals surface area contributed by atoms with Crippen LogP contribution in [0.5, 0.6) is 0 Å². The SMILES string of the molecule is COC(CNC(=O)c1ccc(Cl)cc1Cl)c1ccco1. The average molecular weight is 314 g/mol. The second-order valence-corrected chi connectivity index (χ2v) is 4.92. The van der Waals surface area contributed by atoms with Crippen LogP contribution in [-0.4, -0.2) is 19.6 Å². The molecule has 0 bridgehead atoms. The van der Waals surface area contributed by atoms with Crippen molar-refractivity contribution in [3.05, 3.63) is 58.0 Å². The van der Waals surface area contributed by atoms with Crippen molar-refractivity contribution in [3.8, 4) is 0 Å². The third-order valence-electron chi connectivity index (χ3n) is 2.77. The number of hydrogen-bond donors (Lipinski definition) is 1. The Morgan fingerprint density at radius 2 is 2.20 bits per heavy atom. The number of amides is 1. The Balaban J connectivity index is 2.01. The molecule has 1 atom stereocenters. The number of furan rings is 1. The quantitative estimate of drug-likeness (QED) is 0.915. The molecule has 2 rings (SSSR count). The van der Waals surface area contributed by atoms with E-state index in [2.05, 4.69) is 5.32 Å². The molecule has 1 unspecified atom stereocenters. The molecule has 2 aromatic rings. The summed E-state index contributed by atoms with van der Waals surface area (Å²) in [4.78, 5) is 12.0. The number of carbonyl (C=O) groups is 1. The van der Waals surface area contributed by atoms with Crippen LogP contribution in [0.1, 0.15) is 22.2 Å². The summed E-state index contributed by atoms with van der Waals surface area (Å²) < 4.78 is 10.5. The first kappa shape index (κ1) is 14.9. The molecule has 1 aromatic carbocycles. The van der Waals surface area contributed by atoms with E-state index in [1.165, 1.54) is 6.07 Å². The summed E-state index contributed by atoms with van der Waals surface area (Å²) >= 11 is 11.8. The van der Waals surface area contributed by atoms with E-state index in [9.17, 15) is 4.79 Å². The molecule has 1 aromatic heterocycles. The number of hydrogen-bond acceptors (Lipinski definition) is 3. The summed E-state index contributed by atoms with van der Waals surface area (Å²) in [5.74, 6) is 0.357. The van der Waals surface area contributed by atoms with Crippen LogP contribution in [0.15, 0.2) is 41.0 Å². The van der Waals surface area contributed by atoms with Crippen molar-refractivity contribution in [1.29, 1.82) is 0 Å². The van der Waals surface area contributed by atoms with Crippen molar-refractivity contribution < 1.29 is 13.9 Å². The lowest BCUT2D eigenvalue weighted by molar-refractivity contribution is 0.0738. The third-order valence-corrected chi connectivity index (χ3v) is 3.32. The molecule has 0 aliphatic rings. The Labute approximate surface area is 126 Å². The average Bonchev–Trinajstić information content (AvgIpc) is 2.93. The lowest BCUT2D eigenvalue weighted by Crippen LogP contribution is -2.29. The van der Waals surface area contributed by atoms with Gasteiger partial charge in [0.15, 0.2) is 0 Å². The van der Waals surface area contributed by atoms with Crippen molar-refractivity contribution in [2.45, 2.75) is 6.10 Å². The Morgan fingerprint density at radius 1 is 1.40 bits per heavy atom. The summed E-state index contributed by atoms with van der Waals surface area (Å²) in [6, 6.07) is 8.27. The molecule has 0 fully saturated rings. The normalized spacial score (nSPS) is 12.2. The summed E-state index contributed by atoms with van der Waals surface area (Å²) in [7, 11) is 1.55. The third kappa shape index (κ3) is 3.54. The van der Waals surface area contributed by atoms with Crippen LogP contribution >= 0.6 is 23.2 Å². The lowest BCUT2D eigenvalue weighted by Gasteiger charge is -2.14. The Morgan fingerprint density at radius 3 is 2.80 bits per heavy atom. The van der Waals surface area contributed by atoms with Gasteiger partial charge in [0.2, 0.25) is 0 Å². The summed E-state index contributed by atoms with van der Waals surface area (Å²) in [5, 5.41) is 3.54. The Hall–Kier alpha value is -1.49. The molecule has 0 aliphatic carbocycles. The fourth-order valence-corrected chi connectivity index (χ4v) is 2.22. The number of benzene rings is 1. The van der Waals surface area contributed by atoms with Crippen molar-refractivity contribution >= 4 is 29.1 Å². The number of methoxy groups -OCH3 is 1. The van der Waals surface area contributed by atoms with Gasteiger partial charge in [-0.25, -0.2) is 0 Å². The van der Waals surface area contributed by atoms with Gasteiger partial charge in [-0.3, -0.25) is 4.79 Å². The van der Waals surface area contributed by atoms with Gasteiger partial charge in [-0.1, -0.05) is 23.2 Å². The molecule has 1 heterocycles. The Kier molecular flexibility index (Phi) is 5.06. The zero-order chi connectivity index (χ0) is 14.5. The Bertz CT molecular complexity index is 584. The first-order valence-corrected chi connectivity index (χ1v) is 6.67. The molecule has 6 heteroatoms. The van der Waals surface area contributed by atoms with E-state index in [-0.39, 0.29) is 18.6 Å². The number of rotatable bonds is 5. The minimum absolute atomic E-state index is 0.280. The van der Waals surface area contributed by atoms with Crippen LogP contribution in [-0.2, 0) is 4.74 Å². The van der Waals surface area contributed by atoms with Crippen LogP contribution in [0.3, 0.4) is 0 Å². The van der Waals surface area contributed by atoms with Gasteiger partial charge in [-0.05, 0) is 30.3 Å². The first-order valence-electron chi connectivity index (χ1n) is 5.91. The van der Waals surface area contributed by atoms with Crippen LogP contribution < -0.4 is 5.32 Å². The van der Waals surface area contributed by atoms with Gasteiger partial charge in [0.05, 0.1) is 23.4 Å². The van der Waals surface area contributed by atoms with Crippen LogP contribution in [0.4, 0.5) is 0 Å². The van der Waals surface area contributed by atoms with Gasteiger partial charge in [-0.2, -0.15) is 0 Å². The predicted octanol–water partition coefficient (Wildman–Crippen LogP) is 3.70. The molecule has 1 N–H and O–H groups in total. The highest BCUT2D eigenvalue weighted by atomic mass is 35.5. The number of halogens is 2. The molecule has 1 amide bonds. The fourth-order valence-electron chi connectivity index (χ4n) is 1.73. The van der Waals surface area contributed by atoms with Gasteiger partial charge >= 0.3 is 0 Å². The number of carbonyl (C=O) groups excluding carboxylic acids is 1. The number of ether oxygens (including phenoxy) is 1. The van der Waals surface area contributed by atoms with Crippen LogP contribution in [0.2, 0.25) is 10.0 Å². The molecule has 106 valence electrons. The van der Waals surface area contributed by atoms with E-state index >= 15 is 0 Å². The molecule has 0 saturated carbocycles. The highest BCUT2D eigenvalue weighted by Crippen LogP contribution is 2.21. The smallest absolute Gasteiger partial charge is 0.252 e. The highest BCUT2D eigenvalue weighted by Gasteiger charge is 2.16. The van der Waals surface area contributed by atoms with Crippen molar-refractivity contribution in [3.63, 3.8) is 0 Å². The van der Waals surface area contributed by atoms with Crippen molar-refractivity contribution in [2.75, 3.05) is 13.7 Å². The molecule has 0 radical (unpaired) electrons. The topological polar surface area (TPSA) is 51.5 Å². The van der Waals surface area contributed by atoms with E-state index in [0.717, 1.165) is 0 Å². The second-order valence-electron chi connectivity index (χ2n) is 4.07. The van der Waals surface area contributed by atoms with E-state index in [0.29, 0.717) is 21.4 Å². The monoisotopic (exact) mass is 313 g/mol. The summed E-state index contributed by atoms with van der Waals surface area (Å²) in [5.41, 5.74) is 0.366. The molecular weight excluding hydrogens is 301 g/mol. The predicted molar refractivity (Wildman–Crippen MR) is 77.3 cm³/mol. The maximum Gasteiger partial charge on any atom is 0.252 e. The van der Waals surface area contributed by atoms with E-state index in [1.807, 2.05) is 0 Å². The van der Waals surface area contributed by atoms with E-state index < -0.39 is 0 Å². The summed E-state index contributed by atoms with van der Waals surface area (Å²) in [6.45, 7) is 0.280. The van der Waals surface area contributed by atoms with Gasteiger partial charge in [-0.15, -0.1) is 0 Å². The summed E-state index contributed by atoms with van der Waals surface area (Å²) in [6.07, 6.45) is 1.21. The van der Waals surface area contributed by atoms with Gasteiger partial charge in [0.1, 0.15) is 11.9 Å². The van der Waals surface area contributed by atoms with Crippen LogP contribution in [0.25, 0.3) is 0 Å². The van der Waals surface area contributed by atoms with Gasteiger partial charge in [0, 0.05) is 12.1 Å². The lowest BCUT2D eigenvalue weighted by atomic mass is 10.2. The van der Waals surface area contributed by atoms with Gasteiger partial charge < -0.3 is 14.5 Å². The van der Waals surface area contributed by atoms with Crippen LogP contribution in [0, 0.1) is 0 Å². The second kappa shape index (κ2) is 6.79. The van der Waals surface area contributed by atoms with Gasteiger partial charge in [0.25, 0.3) is 5.91 Å². The maximum absolute atomic E-state index is 12.0. The minimum atomic E-state index is -0.347. The highest BCUT2D eigenvalue weighted by molar-refractivity contribution is 6.36.